The third kappa shape index (κ3) is 22.9. The fraction of sp³-hybridized carbons (Fsp3) is 0.250. The van der Waals surface area contributed by atoms with E-state index in [9.17, 15) is 4.79 Å². The van der Waals surface area contributed by atoms with Crippen molar-refractivity contribution in [2.75, 3.05) is 0 Å². The molecule has 7 heavy (non-hydrogen) atoms. The van der Waals surface area contributed by atoms with Gasteiger partial charge >= 0.3 is 24.9 Å². The predicted octanol–water partition coefficient (Wildman–Crippen LogP) is 1.41. The summed E-state index contributed by atoms with van der Waals surface area (Å²) in [5.74, 6) is 0. The average molecular weight is 158 g/mol. The maximum absolute atomic E-state index is 9.32. The fourth-order valence-corrected chi connectivity index (χ4v) is 0.0786. The Balaban J connectivity index is 0. The molecule has 0 spiro atoms. The van der Waals surface area contributed by atoms with Gasteiger partial charge < -0.3 is 0 Å². The van der Waals surface area contributed by atoms with Crippen LogP contribution in [0.5, 0.6) is 0 Å². The molecule has 0 heterocycles. The molecule has 0 fully saturated rings. The van der Waals surface area contributed by atoms with Gasteiger partial charge in [0.25, 0.3) is 0 Å². The summed E-state index contributed by atoms with van der Waals surface area (Å²) < 4.78 is 0. The molecule has 0 aromatic rings. The van der Waals surface area contributed by atoms with E-state index in [1.807, 2.05) is 0 Å². The van der Waals surface area contributed by atoms with Crippen LogP contribution in [0.1, 0.15) is 6.92 Å². The minimum atomic E-state index is 0.750. The Labute approximate surface area is 55.5 Å². The monoisotopic (exact) mass is 158 g/mol. The molecule has 0 aromatic heterocycles. The van der Waals surface area contributed by atoms with Gasteiger partial charge in [-0.2, -0.15) is 0 Å². The summed E-state index contributed by atoms with van der Waals surface area (Å²) >= 11 is 2.83. The number of allylic oxidation sites excluding steroid dienone is 2. The number of aldehydes is 1. The molecule has 0 aromatic carbocycles. The maximum atomic E-state index is 9.32. The van der Waals surface area contributed by atoms with E-state index in [4.69, 9.17) is 0 Å². The number of hydrogen-bond acceptors (Lipinski definition) is 2. The van der Waals surface area contributed by atoms with Gasteiger partial charge in [0.05, 0.1) is 0 Å². The number of hydrogen-bond donors (Lipinski definition) is 0. The number of rotatable bonds is 1. The zero-order valence-electron chi connectivity index (χ0n) is 3.90. The van der Waals surface area contributed by atoms with Gasteiger partial charge in [-0.15, -0.1) is 0 Å². The molecule has 0 aliphatic carbocycles. The summed E-state index contributed by atoms with van der Waals surface area (Å²) in [4.78, 5) is 9.32. The van der Waals surface area contributed by atoms with E-state index in [0.29, 0.717) is 0 Å². The predicted molar refractivity (Wildman–Crippen MR) is 28.5 cm³/mol. The molecule has 0 unspecified atom stereocenters. The van der Waals surface area contributed by atoms with Gasteiger partial charge in [0, 0.05) is 0 Å². The van der Waals surface area contributed by atoms with Crippen molar-refractivity contribution < 1.29 is 19.2 Å². The second kappa shape index (κ2) is 16.4. The van der Waals surface area contributed by atoms with E-state index in [1.54, 1.807) is 13.0 Å². The average Bonchev–Trinajstić information content (AvgIpc) is 1.75. The van der Waals surface area contributed by atoms with E-state index in [-0.39, 0.29) is 0 Å². The summed E-state index contributed by atoms with van der Waals surface area (Å²) in [6, 6.07) is 0. The van der Waals surface area contributed by atoms with Crippen molar-refractivity contribution in [3.63, 3.8) is 0 Å². The van der Waals surface area contributed by atoms with Crippen LogP contribution >= 0.6 is 10.6 Å². The molecule has 1 nitrogen and oxygen atoms in total. The standard InChI is InChI=1S/C4H6O.Fe.S/c1-2-3-4-5;;/h2-4H,1H3;;. The normalized spacial score (nSPS) is 7.14. The van der Waals surface area contributed by atoms with Crippen molar-refractivity contribution in [1.82, 2.24) is 0 Å². The first-order valence-corrected chi connectivity index (χ1v) is 3.27. The molecule has 0 radical (unpaired) electrons. The van der Waals surface area contributed by atoms with Gasteiger partial charge in [0.2, 0.25) is 0 Å². The van der Waals surface area contributed by atoms with Gasteiger partial charge in [-0.3, -0.25) is 4.79 Å². The summed E-state index contributed by atoms with van der Waals surface area (Å²) in [6.45, 7) is 1.80. The van der Waals surface area contributed by atoms with Crippen LogP contribution in [0, 0.1) is 0 Å². The van der Waals surface area contributed by atoms with Crippen molar-refractivity contribution in [2.45, 2.75) is 6.92 Å². The first-order valence-electron chi connectivity index (χ1n) is 1.62. The molecule has 0 atom stereocenters. The van der Waals surface area contributed by atoms with Crippen LogP contribution < -0.4 is 0 Å². The summed E-state index contributed by atoms with van der Waals surface area (Å²) in [5, 5.41) is 0. The Morgan fingerprint density at radius 2 is 2.00 bits per heavy atom. The molecule has 0 aliphatic rings. The molecule has 0 N–H and O–H groups in total. The Kier molecular flexibility index (Phi) is 23.9. The Morgan fingerprint density at radius 3 is 2.00 bits per heavy atom. The molecule has 42 valence electrons. The van der Waals surface area contributed by atoms with Crippen LogP contribution in [-0.2, 0) is 19.2 Å². The van der Waals surface area contributed by atoms with E-state index in [1.165, 1.54) is 6.08 Å². The van der Waals surface area contributed by atoms with Crippen molar-refractivity contribution in [3.05, 3.63) is 12.2 Å². The van der Waals surface area contributed by atoms with Crippen LogP contribution in [0.15, 0.2) is 12.2 Å². The molecular weight excluding hydrogens is 152 g/mol. The Morgan fingerprint density at radius 1 is 1.57 bits per heavy atom. The second-order valence-corrected chi connectivity index (χ2v) is 0.662. The molecule has 0 saturated heterocycles. The molecule has 0 amide bonds. The first-order chi connectivity index (χ1) is 3.41. The topological polar surface area (TPSA) is 17.1 Å². The van der Waals surface area contributed by atoms with Gasteiger partial charge in [-0.05, 0) is 13.0 Å². The number of carbonyl (C=O) groups excluding carboxylic acids is 1. The Hall–Kier alpha value is 0.149. The summed E-state index contributed by atoms with van der Waals surface area (Å²) in [5.41, 5.74) is 0. The fourth-order valence-electron chi connectivity index (χ4n) is 0.0786. The third-order valence-electron chi connectivity index (χ3n) is 0.271. The summed E-state index contributed by atoms with van der Waals surface area (Å²) in [6.07, 6.45) is 3.88. The van der Waals surface area contributed by atoms with E-state index in [2.05, 4.69) is 24.9 Å². The van der Waals surface area contributed by atoms with E-state index >= 15 is 0 Å². The number of carbonyl (C=O) groups is 1. The van der Waals surface area contributed by atoms with Crippen LogP contribution in [0.4, 0.5) is 0 Å². The zero-order chi connectivity index (χ0) is 6.12. The van der Waals surface area contributed by atoms with Crippen LogP contribution in [0.2, 0.25) is 0 Å². The van der Waals surface area contributed by atoms with Gasteiger partial charge in [0.1, 0.15) is 6.29 Å². The van der Waals surface area contributed by atoms with Crippen molar-refractivity contribution in [3.8, 4) is 0 Å². The van der Waals surface area contributed by atoms with Crippen LogP contribution in [-0.4, -0.2) is 6.29 Å². The SMILES string of the molecule is CC=CC=O.[S]=[Fe]. The van der Waals surface area contributed by atoms with Gasteiger partial charge in [-0.25, -0.2) is 0 Å². The molecule has 0 aliphatic heterocycles. The van der Waals surface area contributed by atoms with E-state index < -0.39 is 0 Å². The molecule has 0 saturated carbocycles. The van der Waals surface area contributed by atoms with Crippen molar-refractivity contribution in [2.24, 2.45) is 0 Å². The van der Waals surface area contributed by atoms with E-state index in [0.717, 1.165) is 6.29 Å². The minimum absolute atomic E-state index is 0.750. The molecular formula is C4H6FeOS. The third-order valence-corrected chi connectivity index (χ3v) is 0.271. The second-order valence-electron chi connectivity index (χ2n) is 0.662. The zero-order valence-corrected chi connectivity index (χ0v) is 5.82. The summed E-state index contributed by atoms with van der Waals surface area (Å²) in [7, 11) is 3.83. The Bertz CT molecular complexity index is 62.7. The van der Waals surface area contributed by atoms with Crippen LogP contribution in [0.3, 0.4) is 0 Å². The first kappa shape index (κ1) is 10.2. The van der Waals surface area contributed by atoms with Gasteiger partial charge in [0.15, 0.2) is 0 Å². The van der Waals surface area contributed by atoms with Crippen LogP contribution in [0.25, 0.3) is 0 Å². The molecule has 0 bridgehead atoms. The molecule has 0 rings (SSSR count). The molecule has 3 heteroatoms. The van der Waals surface area contributed by atoms with Crippen molar-refractivity contribution in [1.29, 1.82) is 0 Å². The van der Waals surface area contributed by atoms with Crippen molar-refractivity contribution >= 4 is 16.8 Å². The van der Waals surface area contributed by atoms with Gasteiger partial charge in [-0.1, -0.05) is 6.08 Å². The quantitative estimate of drug-likeness (QED) is 0.326.